The second-order valence-electron chi connectivity index (χ2n) is 16.7. The summed E-state index contributed by atoms with van der Waals surface area (Å²) in [6.45, 7) is 14.1. The van der Waals surface area contributed by atoms with E-state index in [9.17, 15) is 35.1 Å². The van der Waals surface area contributed by atoms with Gasteiger partial charge in [-0.05, 0) is 108 Å². The summed E-state index contributed by atoms with van der Waals surface area (Å²) in [6.07, 6.45) is 6.41. The lowest BCUT2D eigenvalue weighted by atomic mass is 9.95. The Bertz CT molecular complexity index is 2110. The van der Waals surface area contributed by atoms with E-state index >= 15 is 0 Å². The second kappa shape index (κ2) is 17.4. The highest BCUT2D eigenvalue weighted by Gasteiger charge is 2.35. The monoisotopic (exact) mass is 844 g/mol. The number of pyridine rings is 2. The van der Waals surface area contributed by atoms with Crippen LogP contribution in [0.5, 0.6) is 0 Å². The van der Waals surface area contributed by atoms with Crippen molar-refractivity contribution in [2.75, 3.05) is 71.4 Å². The third-order valence-electron chi connectivity index (χ3n) is 10.2. The van der Waals surface area contributed by atoms with Crippen molar-refractivity contribution in [2.45, 2.75) is 87.5 Å². The molecule has 4 heterocycles. The zero-order valence-corrected chi connectivity index (χ0v) is 36.1. The van der Waals surface area contributed by atoms with E-state index in [0.717, 1.165) is 35.3 Å². The first-order valence-corrected chi connectivity index (χ1v) is 23.0. The smallest absolute Gasteiger partial charge is 0.178 e. The minimum atomic E-state index is -3.68. The van der Waals surface area contributed by atoms with Gasteiger partial charge in [-0.2, -0.15) is 0 Å². The number of sulfone groups is 2. The minimum absolute atomic E-state index is 0.0364. The Kier molecular flexibility index (Phi) is 13.4. The van der Waals surface area contributed by atoms with E-state index in [-0.39, 0.29) is 21.9 Å². The molecule has 2 unspecified atom stereocenters. The molecule has 58 heavy (non-hydrogen) atoms. The van der Waals surface area contributed by atoms with E-state index < -0.39 is 42.6 Å². The Morgan fingerprint density at radius 2 is 1.05 bits per heavy atom. The van der Waals surface area contributed by atoms with Crippen molar-refractivity contribution in [2.24, 2.45) is 0 Å². The van der Waals surface area contributed by atoms with Gasteiger partial charge in [0.25, 0.3) is 0 Å². The summed E-state index contributed by atoms with van der Waals surface area (Å²) in [6, 6.07) is 16.0. The first kappa shape index (κ1) is 44.7. The number of benzene rings is 2. The molecule has 0 saturated carbocycles. The molecule has 2 aromatic heterocycles. The molecule has 4 aromatic rings. The number of rotatable bonds is 10. The second-order valence-corrected chi connectivity index (χ2v) is 20.7. The predicted octanol–water partition coefficient (Wildman–Crippen LogP) is 6.55. The van der Waals surface area contributed by atoms with Crippen LogP contribution in [0.15, 0.2) is 82.8 Å². The minimum Gasteiger partial charge on any atom is -0.390 e. The van der Waals surface area contributed by atoms with Crippen molar-refractivity contribution in [3.05, 3.63) is 95.8 Å². The van der Waals surface area contributed by atoms with Crippen molar-refractivity contribution >= 4 is 42.7 Å². The third kappa shape index (κ3) is 11.8. The van der Waals surface area contributed by atoms with E-state index in [2.05, 4.69) is 19.8 Å². The van der Waals surface area contributed by atoms with Crippen LogP contribution >= 0.6 is 0 Å². The van der Waals surface area contributed by atoms with Crippen molar-refractivity contribution in [1.82, 2.24) is 9.97 Å². The van der Waals surface area contributed by atoms with Crippen LogP contribution < -0.4 is 19.6 Å². The quantitative estimate of drug-likeness (QED) is 0.187. The van der Waals surface area contributed by atoms with Crippen LogP contribution in [0.25, 0.3) is 0 Å². The standard InChI is InChI=1S/C21H27F2N3O2S.C21H28FN3O3S/c1-15-5-8-20(24-13-15)26-10-9-25(14-17(26)12-21(2,3)23)16-6-7-18(22)19(11-16)29(4,27)28;1-15-5-8-20(23-13-15)25-10-9-24(14-17(25)12-21(2,3)26)16-6-7-18(22)19(11-16)29(4,27)28/h5-8,11,13,17H,9-10,12,14H2,1-4H3;5-8,11,13,17,26H,9-10,12,14H2,1-4H3. The van der Waals surface area contributed by atoms with E-state index in [1.807, 2.05) is 54.1 Å². The van der Waals surface area contributed by atoms with Gasteiger partial charge < -0.3 is 24.7 Å². The topological polar surface area (TPSA) is 127 Å². The fourth-order valence-corrected chi connectivity index (χ4v) is 8.99. The van der Waals surface area contributed by atoms with E-state index in [1.54, 1.807) is 46.0 Å². The molecule has 2 aliphatic rings. The maximum absolute atomic E-state index is 14.5. The lowest BCUT2D eigenvalue weighted by Gasteiger charge is -2.45. The molecular formula is C42H55F3N6O5S2. The van der Waals surface area contributed by atoms with Crippen LogP contribution in [0.2, 0.25) is 0 Å². The summed E-state index contributed by atoms with van der Waals surface area (Å²) in [7, 11) is -7.33. The number of aryl methyl sites for hydroxylation is 2. The number of piperazine rings is 2. The van der Waals surface area contributed by atoms with Gasteiger partial charge in [-0.25, -0.2) is 40.0 Å². The predicted molar refractivity (Wildman–Crippen MR) is 224 cm³/mol. The van der Waals surface area contributed by atoms with E-state index in [4.69, 9.17) is 0 Å². The maximum Gasteiger partial charge on any atom is 0.178 e. The maximum atomic E-state index is 14.5. The average molecular weight is 845 g/mol. The molecule has 0 spiro atoms. The highest BCUT2D eigenvalue weighted by Crippen LogP contribution is 2.32. The van der Waals surface area contributed by atoms with Gasteiger partial charge >= 0.3 is 0 Å². The number of aliphatic hydroxyl groups is 1. The summed E-state index contributed by atoms with van der Waals surface area (Å²) in [5, 5.41) is 10.4. The lowest BCUT2D eigenvalue weighted by Crippen LogP contribution is -2.55. The van der Waals surface area contributed by atoms with Crippen molar-refractivity contribution in [1.29, 1.82) is 0 Å². The van der Waals surface area contributed by atoms with Gasteiger partial charge in [0.05, 0.1) is 17.7 Å². The molecule has 16 heteroatoms. The number of hydrogen-bond donors (Lipinski definition) is 1. The zero-order chi connectivity index (χ0) is 42.8. The van der Waals surface area contributed by atoms with Gasteiger partial charge in [0, 0.05) is 82.0 Å². The Morgan fingerprint density at radius 1 is 0.655 bits per heavy atom. The molecule has 0 bridgehead atoms. The average Bonchev–Trinajstić information content (AvgIpc) is 3.11. The summed E-state index contributed by atoms with van der Waals surface area (Å²) in [4.78, 5) is 16.7. The fourth-order valence-electron chi connectivity index (χ4n) is 7.47. The van der Waals surface area contributed by atoms with Gasteiger partial charge in [0.15, 0.2) is 19.7 Å². The van der Waals surface area contributed by atoms with Crippen LogP contribution in [0.4, 0.5) is 36.2 Å². The van der Waals surface area contributed by atoms with Crippen molar-refractivity contribution in [3.8, 4) is 0 Å². The molecular weight excluding hydrogens is 790 g/mol. The Hall–Kier alpha value is -4.41. The van der Waals surface area contributed by atoms with Crippen LogP contribution in [0.3, 0.4) is 0 Å². The van der Waals surface area contributed by atoms with Crippen molar-refractivity contribution < 1.29 is 35.1 Å². The molecule has 6 rings (SSSR count). The van der Waals surface area contributed by atoms with Gasteiger partial charge in [0.1, 0.15) is 38.7 Å². The molecule has 2 fully saturated rings. The molecule has 2 atom stereocenters. The molecule has 0 aliphatic carbocycles. The Balaban J connectivity index is 0.000000221. The Morgan fingerprint density at radius 3 is 1.38 bits per heavy atom. The number of anilines is 4. The van der Waals surface area contributed by atoms with Crippen LogP contribution in [-0.2, 0) is 19.7 Å². The largest absolute Gasteiger partial charge is 0.390 e. The Labute approximate surface area is 341 Å². The lowest BCUT2D eigenvalue weighted by molar-refractivity contribution is 0.0621. The normalized spacial score (nSPS) is 18.2. The number of alkyl halides is 1. The number of hydrogen-bond acceptors (Lipinski definition) is 11. The molecule has 316 valence electrons. The zero-order valence-electron chi connectivity index (χ0n) is 34.5. The summed E-state index contributed by atoms with van der Waals surface area (Å²) in [5.74, 6) is 0.132. The van der Waals surface area contributed by atoms with Gasteiger partial charge in [-0.1, -0.05) is 12.1 Å². The molecule has 0 amide bonds. The molecule has 2 aromatic carbocycles. The number of aromatic nitrogens is 2. The number of nitrogens with zero attached hydrogens (tertiary/aromatic N) is 6. The van der Waals surface area contributed by atoms with Gasteiger partial charge in [-0.15, -0.1) is 0 Å². The third-order valence-corrected chi connectivity index (χ3v) is 12.4. The van der Waals surface area contributed by atoms with Gasteiger partial charge in [0.2, 0.25) is 0 Å². The van der Waals surface area contributed by atoms with E-state index in [1.165, 1.54) is 24.3 Å². The summed E-state index contributed by atoms with van der Waals surface area (Å²) >= 11 is 0. The van der Waals surface area contributed by atoms with Crippen molar-refractivity contribution in [3.63, 3.8) is 0 Å². The SMILES string of the molecule is Cc1ccc(N2CCN(c3ccc(F)c(S(C)(=O)=O)c3)CC2CC(C)(C)F)nc1.Cc1ccc(N2CCN(c3ccc(F)c(S(C)(=O)=O)c3)CC2CC(C)(C)O)nc1. The van der Waals surface area contributed by atoms with Crippen LogP contribution in [0.1, 0.15) is 51.7 Å². The molecule has 1 N–H and O–H groups in total. The highest BCUT2D eigenvalue weighted by atomic mass is 32.2. The summed E-state index contributed by atoms with van der Waals surface area (Å²) < 4.78 is 90.1. The molecule has 11 nitrogen and oxygen atoms in total. The van der Waals surface area contributed by atoms with Gasteiger partial charge in [-0.3, -0.25) is 0 Å². The first-order chi connectivity index (χ1) is 26.9. The molecule has 2 saturated heterocycles. The molecule has 0 radical (unpaired) electrons. The van der Waals surface area contributed by atoms with Crippen LogP contribution in [0, 0.1) is 25.5 Å². The fraction of sp³-hybridized carbons (Fsp3) is 0.476. The van der Waals surface area contributed by atoms with E-state index in [0.29, 0.717) is 63.5 Å². The van der Waals surface area contributed by atoms with Crippen LogP contribution in [-0.4, -0.2) is 107 Å². The number of halogens is 3. The molecule has 2 aliphatic heterocycles. The highest BCUT2D eigenvalue weighted by molar-refractivity contribution is 7.91. The first-order valence-electron chi connectivity index (χ1n) is 19.2. The summed E-state index contributed by atoms with van der Waals surface area (Å²) in [5.41, 5.74) is 1.14.